The van der Waals surface area contributed by atoms with E-state index in [9.17, 15) is 9.13 Å². The van der Waals surface area contributed by atoms with E-state index in [-0.39, 0.29) is 0 Å². The first kappa shape index (κ1) is 13.0. The van der Waals surface area contributed by atoms with Crippen LogP contribution in [0.3, 0.4) is 0 Å². The first-order valence-corrected chi connectivity index (χ1v) is 6.64. The highest BCUT2D eigenvalue weighted by Crippen LogP contribution is 2.56. The lowest BCUT2D eigenvalue weighted by Crippen LogP contribution is -1.91. The fourth-order valence-electron chi connectivity index (χ4n) is 0.497. The smallest absolute Gasteiger partial charge is 0.324 e. The Morgan fingerprint density at radius 3 is 2.08 bits per heavy atom. The molecule has 6 nitrogen and oxygen atoms in total. The van der Waals surface area contributed by atoms with Crippen LogP contribution in [0.5, 0.6) is 0 Å². The number of rotatable bonds is 4. The Balaban J connectivity index is 4.35. The van der Waals surface area contributed by atoms with Gasteiger partial charge in [-0.3, -0.25) is 4.57 Å². The van der Waals surface area contributed by atoms with E-state index >= 15 is 0 Å². The fraction of sp³-hybridized carbons (Fsp3) is 0.600. The molecule has 0 fully saturated rings. The molecule has 0 amide bonds. The van der Waals surface area contributed by atoms with Gasteiger partial charge in [0.1, 0.15) is 0 Å². The summed E-state index contributed by atoms with van der Waals surface area (Å²) in [6, 6.07) is 0. The van der Waals surface area contributed by atoms with Crippen LogP contribution in [0.1, 0.15) is 13.8 Å². The summed E-state index contributed by atoms with van der Waals surface area (Å²) in [7, 11) is -9.10. The molecule has 0 saturated heterocycles. The van der Waals surface area contributed by atoms with E-state index in [1.807, 2.05) is 0 Å². The third-order valence-electron chi connectivity index (χ3n) is 0.964. The lowest BCUT2D eigenvalue weighted by molar-refractivity contribution is 0.264. The van der Waals surface area contributed by atoms with Crippen LogP contribution < -0.4 is 0 Å². The molecule has 1 unspecified atom stereocenters. The summed E-state index contributed by atoms with van der Waals surface area (Å²) in [5.74, 6) is 0. The van der Waals surface area contributed by atoms with Crippen molar-refractivity contribution in [1.29, 1.82) is 0 Å². The van der Waals surface area contributed by atoms with Gasteiger partial charge in [-0.1, -0.05) is 11.6 Å². The third kappa shape index (κ3) is 8.37. The van der Waals surface area contributed by atoms with Crippen LogP contribution in [0.4, 0.5) is 0 Å². The van der Waals surface area contributed by atoms with Gasteiger partial charge in [0.2, 0.25) is 0 Å². The largest absolute Gasteiger partial charge is 0.476 e. The molecule has 3 N–H and O–H groups in total. The van der Waals surface area contributed by atoms with Crippen molar-refractivity contribution in [1.82, 2.24) is 0 Å². The molecule has 0 bridgehead atoms. The van der Waals surface area contributed by atoms with E-state index < -0.39 is 21.6 Å². The van der Waals surface area contributed by atoms with E-state index in [1.165, 1.54) is 6.08 Å². The molecule has 0 rings (SSSR count). The molecular formula is C5H12O6P2. The zero-order valence-corrected chi connectivity index (χ0v) is 9.03. The maximum absolute atomic E-state index is 10.9. The van der Waals surface area contributed by atoms with E-state index in [2.05, 4.69) is 4.31 Å². The second-order valence-corrected chi connectivity index (χ2v) is 5.95. The van der Waals surface area contributed by atoms with Crippen LogP contribution in [0, 0.1) is 0 Å². The molecule has 1 atom stereocenters. The highest BCUT2D eigenvalue weighted by atomic mass is 31.3. The van der Waals surface area contributed by atoms with Gasteiger partial charge in [0.05, 0.1) is 6.16 Å². The van der Waals surface area contributed by atoms with Crippen LogP contribution in [0.25, 0.3) is 0 Å². The highest BCUT2D eigenvalue weighted by molar-refractivity contribution is 7.63. The Morgan fingerprint density at radius 1 is 1.31 bits per heavy atom. The number of phosphoric acid groups is 1. The maximum atomic E-state index is 10.9. The Bertz CT molecular complexity index is 285. The molecule has 0 radical (unpaired) electrons. The summed E-state index contributed by atoms with van der Waals surface area (Å²) >= 11 is 0. The van der Waals surface area contributed by atoms with Crippen LogP contribution in [-0.4, -0.2) is 20.8 Å². The summed E-state index contributed by atoms with van der Waals surface area (Å²) in [5.41, 5.74) is 0.767. The number of hydrogen-bond acceptors (Lipinski definition) is 3. The molecule has 0 aliphatic carbocycles. The van der Waals surface area contributed by atoms with Crippen molar-refractivity contribution in [3.05, 3.63) is 11.6 Å². The van der Waals surface area contributed by atoms with Gasteiger partial charge in [-0.25, -0.2) is 8.88 Å². The van der Waals surface area contributed by atoms with Crippen LogP contribution in [-0.2, 0) is 13.4 Å². The standard InChI is InChI=1S/C5H12O6P2/c1-5(2)3-4-12(6,7)11-13(8,9)10/h3H,4H2,1-2H3,(H,6,7)(H2,8,9,10). The quantitative estimate of drug-likeness (QED) is 0.495. The van der Waals surface area contributed by atoms with Crippen molar-refractivity contribution in [2.24, 2.45) is 0 Å². The van der Waals surface area contributed by atoms with Crippen molar-refractivity contribution in [3.8, 4) is 0 Å². The summed E-state index contributed by atoms with van der Waals surface area (Å²) in [6.45, 7) is 3.38. The second-order valence-electron chi connectivity index (χ2n) is 2.67. The first-order valence-electron chi connectivity index (χ1n) is 3.34. The Kier molecular flexibility index (Phi) is 4.52. The fourth-order valence-corrected chi connectivity index (χ4v) is 2.69. The lowest BCUT2D eigenvalue weighted by atomic mass is 10.3. The molecule has 0 heterocycles. The highest BCUT2D eigenvalue weighted by Gasteiger charge is 2.29. The zero-order valence-electron chi connectivity index (χ0n) is 7.25. The van der Waals surface area contributed by atoms with Gasteiger partial charge in [-0.05, 0) is 13.8 Å². The Morgan fingerprint density at radius 2 is 1.77 bits per heavy atom. The lowest BCUT2D eigenvalue weighted by Gasteiger charge is -2.10. The van der Waals surface area contributed by atoms with Crippen molar-refractivity contribution in [2.75, 3.05) is 6.16 Å². The minimum absolute atomic E-state index is 0.402. The number of hydrogen-bond donors (Lipinski definition) is 3. The van der Waals surface area contributed by atoms with Crippen LogP contribution in [0.15, 0.2) is 11.6 Å². The predicted molar refractivity (Wildman–Crippen MR) is 47.3 cm³/mol. The third-order valence-corrected chi connectivity index (χ3v) is 3.48. The van der Waals surface area contributed by atoms with Gasteiger partial charge in [0, 0.05) is 0 Å². The van der Waals surface area contributed by atoms with Gasteiger partial charge in [-0.2, -0.15) is 0 Å². The summed E-state index contributed by atoms with van der Waals surface area (Å²) in [4.78, 5) is 25.4. The molecule has 13 heavy (non-hydrogen) atoms. The van der Waals surface area contributed by atoms with Crippen molar-refractivity contribution in [3.63, 3.8) is 0 Å². The average Bonchev–Trinajstić information content (AvgIpc) is 1.78. The van der Waals surface area contributed by atoms with Crippen molar-refractivity contribution < 1.29 is 28.1 Å². The summed E-state index contributed by atoms with van der Waals surface area (Å²) in [5, 5.41) is 0. The van der Waals surface area contributed by atoms with Gasteiger partial charge in [0.15, 0.2) is 0 Å². The van der Waals surface area contributed by atoms with Gasteiger partial charge in [-0.15, -0.1) is 0 Å². The molecule has 0 aromatic heterocycles. The molecule has 0 aromatic carbocycles. The molecule has 0 saturated carbocycles. The normalized spacial score (nSPS) is 16.4. The van der Waals surface area contributed by atoms with E-state index in [0.717, 1.165) is 5.57 Å². The Hall–Kier alpha value is 0.0400. The molecular weight excluding hydrogens is 218 g/mol. The topological polar surface area (TPSA) is 104 Å². The van der Waals surface area contributed by atoms with E-state index in [1.54, 1.807) is 13.8 Å². The first-order chi connectivity index (χ1) is 5.62. The predicted octanol–water partition coefficient (Wildman–Crippen LogP) is 1.25. The van der Waals surface area contributed by atoms with Crippen molar-refractivity contribution >= 4 is 15.4 Å². The van der Waals surface area contributed by atoms with Crippen LogP contribution >= 0.6 is 15.4 Å². The van der Waals surface area contributed by atoms with E-state index in [0.29, 0.717) is 0 Å². The minimum atomic E-state index is -4.89. The molecule has 8 heteroatoms. The monoisotopic (exact) mass is 230 g/mol. The van der Waals surface area contributed by atoms with Gasteiger partial charge >= 0.3 is 15.4 Å². The van der Waals surface area contributed by atoms with E-state index in [4.69, 9.17) is 14.7 Å². The van der Waals surface area contributed by atoms with Gasteiger partial charge in [0.25, 0.3) is 0 Å². The zero-order chi connectivity index (χ0) is 10.7. The second kappa shape index (κ2) is 4.51. The Labute approximate surface area is 76.0 Å². The maximum Gasteiger partial charge on any atom is 0.476 e. The summed E-state index contributed by atoms with van der Waals surface area (Å²) < 4.78 is 24.9. The molecule has 0 spiro atoms. The number of allylic oxidation sites excluding steroid dienone is 2. The minimum Gasteiger partial charge on any atom is -0.324 e. The van der Waals surface area contributed by atoms with Gasteiger partial charge < -0.3 is 14.7 Å². The average molecular weight is 230 g/mol. The van der Waals surface area contributed by atoms with Crippen molar-refractivity contribution in [2.45, 2.75) is 13.8 Å². The molecule has 0 aromatic rings. The molecule has 78 valence electrons. The SMILES string of the molecule is CC(C)=CCP(=O)(O)OP(=O)(O)O. The summed E-state index contributed by atoms with van der Waals surface area (Å²) in [6.07, 6.45) is 0.969. The molecule has 0 aliphatic heterocycles. The molecule has 0 aliphatic rings. The van der Waals surface area contributed by atoms with Crippen LogP contribution in [0.2, 0.25) is 0 Å².